The maximum absolute atomic E-state index is 13.8. The van der Waals surface area contributed by atoms with Gasteiger partial charge in [0, 0.05) is 12.6 Å². The van der Waals surface area contributed by atoms with Crippen LogP contribution < -0.4 is 5.32 Å². The molecule has 1 nitrogen and oxygen atoms in total. The summed E-state index contributed by atoms with van der Waals surface area (Å²) in [5.74, 6) is -0.647. The van der Waals surface area contributed by atoms with E-state index in [9.17, 15) is 8.78 Å². The second kappa shape index (κ2) is 6.00. The summed E-state index contributed by atoms with van der Waals surface area (Å²) in [4.78, 5) is 0. The van der Waals surface area contributed by atoms with Gasteiger partial charge in [-0.3, -0.25) is 0 Å². The quantitative estimate of drug-likeness (QED) is 0.785. The maximum Gasteiger partial charge on any atom is 0.126 e. The molecule has 0 spiro atoms. The molecule has 1 saturated carbocycles. The van der Waals surface area contributed by atoms with Crippen LogP contribution in [0.25, 0.3) is 0 Å². The zero-order valence-electron chi connectivity index (χ0n) is 11.8. The van der Waals surface area contributed by atoms with Gasteiger partial charge >= 0.3 is 0 Å². The Labute approximate surface area is 114 Å². The zero-order chi connectivity index (χ0) is 13.9. The summed E-state index contributed by atoms with van der Waals surface area (Å²) in [7, 11) is 0. The van der Waals surface area contributed by atoms with Crippen molar-refractivity contribution >= 4 is 0 Å². The number of rotatable bonds is 7. The summed E-state index contributed by atoms with van der Waals surface area (Å²) >= 11 is 0. The topological polar surface area (TPSA) is 12.0 Å². The van der Waals surface area contributed by atoms with Gasteiger partial charge in [0.05, 0.1) is 0 Å². The molecule has 1 aromatic rings. The first-order chi connectivity index (χ1) is 9.08. The van der Waals surface area contributed by atoms with Crippen LogP contribution in [0, 0.1) is 17.0 Å². The Morgan fingerprint density at radius 2 is 1.89 bits per heavy atom. The predicted octanol–water partition coefficient (Wildman–Crippen LogP) is 4.07. The summed E-state index contributed by atoms with van der Waals surface area (Å²) in [6, 6.07) is 4.40. The predicted molar refractivity (Wildman–Crippen MR) is 74.1 cm³/mol. The number of hydrogen-bond donors (Lipinski definition) is 1. The molecular formula is C16H23F2N. The van der Waals surface area contributed by atoms with E-state index in [-0.39, 0.29) is 17.0 Å². The molecule has 106 valence electrons. The fourth-order valence-corrected chi connectivity index (χ4v) is 2.54. The lowest BCUT2D eigenvalue weighted by molar-refractivity contribution is 0.242. The van der Waals surface area contributed by atoms with E-state index in [0.717, 1.165) is 19.4 Å². The van der Waals surface area contributed by atoms with Gasteiger partial charge in [-0.2, -0.15) is 0 Å². The minimum atomic E-state index is -0.354. The number of benzene rings is 1. The molecule has 0 heterocycles. The molecule has 0 aromatic heterocycles. The van der Waals surface area contributed by atoms with Crippen LogP contribution in [-0.2, 0) is 6.42 Å². The highest BCUT2D eigenvalue weighted by atomic mass is 19.1. The minimum Gasteiger partial charge on any atom is -0.313 e. The first kappa shape index (κ1) is 14.4. The van der Waals surface area contributed by atoms with Crippen LogP contribution in [0.1, 0.15) is 45.1 Å². The lowest BCUT2D eigenvalue weighted by Crippen LogP contribution is -2.36. The molecule has 0 unspecified atom stereocenters. The third-order valence-electron chi connectivity index (χ3n) is 4.42. The van der Waals surface area contributed by atoms with Crippen LogP contribution in [-0.4, -0.2) is 12.6 Å². The average Bonchev–Trinajstić information content (AvgIpc) is 3.23. The molecule has 1 aliphatic rings. The molecule has 0 bridgehead atoms. The van der Waals surface area contributed by atoms with Crippen LogP contribution in [0.4, 0.5) is 8.78 Å². The first-order valence-electron chi connectivity index (χ1n) is 7.26. The third-order valence-corrected chi connectivity index (χ3v) is 4.42. The lowest BCUT2D eigenvalue weighted by Gasteiger charge is -2.32. The van der Waals surface area contributed by atoms with Crippen LogP contribution in [0.3, 0.4) is 0 Å². The van der Waals surface area contributed by atoms with Gasteiger partial charge in [0.15, 0.2) is 0 Å². The van der Waals surface area contributed by atoms with E-state index in [4.69, 9.17) is 0 Å². The Balaban J connectivity index is 2.11. The van der Waals surface area contributed by atoms with Crippen LogP contribution in [0.2, 0.25) is 0 Å². The molecule has 1 fully saturated rings. The zero-order valence-corrected chi connectivity index (χ0v) is 11.8. The molecule has 0 atom stereocenters. The Kier molecular flexibility index (Phi) is 4.56. The van der Waals surface area contributed by atoms with Crippen molar-refractivity contribution in [1.29, 1.82) is 0 Å². The van der Waals surface area contributed by atoms with E-state index in [1.807, 2.05) is 0 Å². The molecular weight excluding hydrogens is 244 g/mol. The summed E-state index contributed by atoms with van der Waals surface area (Å²) in [5, 5.41) is 3.54. The molecule has 0 amide bonds. The Morgan fingerprint density at radius 1 is 1.21 bits per heavy atom. The summed E-state index contributed by atoms with van der Waals surface area (Å²) in [5.41, 5.74) is 0.526. The van der Waals surface area contributed by atoms with Gasteiger partial charge in [-0.1, -0.05) is 13.8 Å². The minimum absolute atomic E-state index is 0.0250. The van der Waals surface area contributed by atoms with Crippen LogP contribution in [0.15, 0.2) is 18.2 Å². The second-order valence-corrected chi connectivity index (χ2v) is 5.77. The molecule has 2 rings (SSSR count). The second-order valence-electron chi connectivity index (χ2n) is 5.77. The summed E-state index contributed by atoms with van der Waals surface area (Å²) in [6.45, 7) is 5.16. The van der Waals surface area contributed by atoms with Crippen molar-refractivity contribution in [2.75, 3.05) is 6.54 Å². The van der Waals surface area contributed by atoms with Gasteiger partial charge in [0.25, 0.3) is 0 Å². The fourth-order valence-electron chi connectivity index (χ4n) is 2.54. The maximum atomic E-state index is 13.8. The normalized spacial score (nSPS) is 15.8. The van der Waals surface area contributed by atoms with Crippen molar-refractivity contribution in [3.05, 3.63) is 35.4 Å². The van der Waals surface area contributed by atoms with Crippen molar-refractivity contribution in [3.63, 3.8) is 0 Å². The highest BCUT2D eigenvalue weighted by Gasteiger charge is 2.30. The number of nitrogens with one attached hydrogen (secondary N) is 1. The average molecular weight is 267 g/mol. The monoisotopic (exact) mass is 267 g/mol. The molecule has 3 heteroatoms. The highest BCUT2D eigenvalue weighted by Crippen LogP contribution is 2.33. The van der Waals surface area contributed by atoms with Crippen molar-refractivity contribution in [1.82, 2.24) is 5.32 Å². The lowest BCUT2D eigenvalue weighted by atomic mass is 9.76. The van der Waals surface area contributed by atoms with Crippen LogP contribution in [0.5, 0.6) is 0 Å². The van der Waals surface area contributed by atoms with Gasteiger partial charge in [-0.15, -0.1) is 0 Å². The van der Waals surface area contributed by atoms with Gasteiger partial charge in [0.1, 0.15) is 11.6 Å². The van der Waals surface area contributed by atoms with Crippen molar-refractivity contribution < 1.29 is 8.78 Å². The van der Waals surface area contributed by atoms with E-state index in [2.05, 4.69) is 19.2 Å². The van der Waals surface area contributed by atoms with Gasteiger partial charge in [-0.05, 0) is 61.3 Å². The Hall–Kier alpha value is -0.960. The van der Waals surface area contributed by atoms with Gasteiger partial charge in [-0.25, -0.2) is 8.78 Å². The Bertz CT molecular complexity index is 423. The van der Waals surface area contributed by atoms with E-state index >= 15 is 0 Å². The van der Waals surface area contributed by atoms with E-state index in [1.165, 1.54) is 31.0 Å². The first-order valence-corrected chi connectivity index (χ1v) is 7.26. The Morgan fingerprint density at radius 3 is 2.47 bits per heavy atom. The molecule has 1 aromatic carbocycles. The van der Waals surface area contributed by atoms with Crippen molar-refractivity contribution in [2.24, 2.45) is 5.41 Å². The third kappa shape index (κ3) is 3.75. The van der Waals surface area contributed by atoms with E-state index in [0.29, 0.717) is 18.0 Å². The number of halogens is 2. The standard InChI is InChI=1S/C16H23F2N/c1-3-16(4-2,11-19-14-6-7-14)10-12-9-13(17)5-8-15(12)18/h5,8-9,14,19H,3-4,6-7,10-11H2,1-2H3. The van der Waals surface area contributed by atoms with Gasteiger partial charge in [0.2, 0.25) is 0 Å². The summed E-state index contributed by atoms with van der Waals surface area (Å²) in [6.07, 6.45) is 5.04. The molecule has 1 N–H and O–H groups in total. The van der Waals surface area contributed by atoms with E-state index < -0.39 is 0 Å². The molecule has 1 aliphatic carbocycles. The number of hydrogen-bond acceptors (Lipinski definition) is 1. The smallest absolute Gasteiger partial charge is 0.126 e. The highest BCUT2D eigenvalue weighted by molar-refractivity contribution is 5.20. The van der Waals surface area contributed by atoms with Crippen LogP contribution >= 0.6 is 0 Å². The SMILES string of the molecule is CCC(CC)(CNC1CC1)Cc1cc(F)ccc1F. The van der Waals surface area contributed by atoms with Crippen molar-refractivity contribution in [3.8, 4) is 0 Å². The van der Waals surface area contributed by atoms with Crippen molar-refractivity contribution in [2.45, 2.75) is 52.0 Å². The molecule has 0 radical (unpaired) electrons. The molecule has 0 saturated heterocycles. The van der Waals surface area contributed by atoms with Gasteiger partial charge < -0.3 is 5.32 Å². The molecule has 0 aliphatic heterocycles. The summed E-state index contributed by atoms with van der Waals surface area (Å²) < 4.78 is 27.1. The van der Waals surface area contributed by atoms with E-state index in [1.54, 1.807) is 0 Å². The fraction of sp³-hybridized carbons (Fsp3) is 0.625. The largest absolute Gasteiger partial charge is 0.313 e. The molecule has 19 heavy (non-hydrogen) atoms.